The number of rotatable bonds is 6. The predicted molar refractivity (Wildman–Crippen MR) is 84.7 cm³/mol. The average molecular weight is 306 g/mol. The third-order valence-electron chi connectivity index (χ3n) is 4.90. The Morgan fingerprint density at radius 2 is 2.23 bits per heavy atom. The maximum Gasteiger partial charge on any atom is 0.269 e. The Kier molecular flexibility index (Phi) is 4.87. The molecule has 2 N–H and O–H groups in total. The summed E-state index contributed by atoms with van der Waals surface area (Å²) in [4.78, 5) is 16.3. The molecule has 1 aromatic rings. The van der Waals surface area contributed by atoms with Crippen LogP contribution >= 0.6 is 0 Å². The number of hydrogen-bond donors (Lipinski definition) is 2. The van der Waals surface area contributed by atoms with Gasteiger partial charge in [0.05, 0.1) is 11.7 Å². The van der Waals surface area contributed by atoms with Crippen LogP contribution in [-0.4, -0.2) is 40.9 Å². The van der Waals surface area contributed by atoms with Crippen LogP contribution in [0.5, 0.6) is 0 Å². The molecule has 1 heterocycles. The summed E-state index contributed by atoms with van der Waals surface area (Å²) >= 11 is 0. The number of nitrogens with zero attached hydrogens (tertiary/aromatic N) is 1. The molecule has 1 saturated carbocycles. The lowest BCUT2D eigenvalue weighted by atomic mass is 9.56. The molecule has 122 valence electrons. The van der Waals surface area contributed by atoms with E-state index in [0.717, 1.165) is 12.0 Å². The Balaban J connectivity index is 1.96. The lowest BCUT2D eigenvalue weighted by Crippen LogP contribution is -2.68. The number of carbonyl (C=O) groups is 1. The van der Waals surface area contributed by atoms with E-state index in [0.29, 0.717) is 18.7 Å². The van der Waals surface area contributed by atoms with Crippen molar-refractivity contribution in [2.24, 2.45) is 5.41 Å². The first-order valence-electron chi connectivity index (χ1n) is 7.91. The number of aromatic nitrogens is 1. The van der Waals surface area contributed by atoms with E-state index in [-0.39, 0.29) is 24.0 Å². The highest BCUT2D eigenvalue weighted by atomic mass is 16.5. The van der Waals surface area contributed by atoms with Gasteiger partial charge >= 0.3 is 0 Å². The number of nitrogens with one attached hydrogen (secondary N) is 1. The summed E-state index contributed by atoms with van der Waals surface area (Å²) in [6.45, 7) is 8.76. The van der Waals surface area contributed by atoms with Crippen LogP contribution in [0.3, 0.4) is 0 Å². The lowest BCUT2D eigenvalue weighted by Gasteiger charge is -2.57. The van der Waals surface area contributed by atoms with Gasteiger partial charge < -0.3 is 15.2 Å². The minimum Gasteiger partial charge on any atom is -0.387 e. The number of amides is 1. The SMILES string of the molecule is CCOC1CC(O)(CNC(=O)c2cc(CC)ccn2)C1(C)C. The second-order valence-corrected chi connectivity index (χ2v) is 6.49. The second kappa shape index (κ2) is 6.34. The van der Waals surface area contributed by atoms with E-state index in [1.165, 1.54) is 0 Å². The first kappa shape index (κ1) is 16.9. The summed E-state index contributed by atoms with van der Waals surface area (Å²) in [5.41, 5.74) is 0.139. The van der Waals surface area contributed by atoms with Crippen LogP contribution in [0.4, 0.5) is 0 Å². The third kappa shape index (κ3) is 3.01. The zero-order valence-electron chi connectivity index (χ0n) is 13.8. The van der Waals surface area contributed by atoms with Gasteiger partial charge in [-0.05, 0) is 31.0 Å². The quantitative estimate of drug-likeness (QED) is 0.842. The monoisotopic (exact) mass is 306 g/mol. The Hall–Kier alpha value is -1.46. The van der Waals surface area contributed by atoms with E-state index >= 15 is 0 Å². The molecular weight excluding hydrogens is 280 g/mol. The zero-order chi connectivity index (χ0) is 16.4. The number of carbonyl (C=O) groups excluding carboxylic acids is 1. The summed E-state index contributed by atoms with van der Waals surface area (Å²) in [6.07, 6.45) is 3.06. The van der Waals surface area contributed by atoms with Crippen molar-refractivity contribution in [2.75, 3.05) is 13.2 Å². The fourth-order valence-corrected chi connectivity index (χ4v) is 2.90. The number of aryl methyl sites for hydroxylation is 1. The van der Waals surface area contributed by atoms with Crippen LogP contribution < -0.4 is 5.32 Å². The van der Waals surface area contributed by atoms with Crippen molar-refractivity contribution in [3.05, 3.63) is 29.6 Å². The number of ether oxygens (including phenoxy) is 1. The zero-order valence-corrected chi connectivity index (χ0v) is 13.8. The normalized spacial score (nSPS) is 26.3. The smallest absolute Gasteiger partial charge is 0.269 e. The Bertz CT molecular complexity index is 544. The van der Waals surface area contributed by atoms with Crippen LogP contribution in [0.2, 0.25) is 0 Å². The molecular formula is C17H26N2O3. The van der Waals surface area contributed by atoms with Crippen LogP contribution in [0.15, 0.2) is 18.3 Å². The number of hydrogen-bond acceptors (Lipinski definition) is 4. The van der Waals surface area contributed by atoms with E-state index in [1.54, 1.807) is 12.3 Å². The topological polar surface area (TPSA) is 71.5 Å². The Labute approximate surface area is 132 Å². The number of aliphatic hydroxyl groups is 1. The third-order valence-corrected chi connectivity index (χ3v) is 4.90. The first-order chi connectivity index (χ1) is 10.3. The predicted octanol–water partition coefficient (Wildman–Crippen LogP) is 1.94. The van der Waals surface area contributed by atoms with Gasteiger partial charge in [-0.15, -0.1) is 0 Å². The largest absolute Gasteiger partial charge is 0.387 e. The lowest BCUT2D eigenvalue weighted by molar-refractivity contribution is -0.237. The van der Waals surface area contributed by atoms with Crippen molar-refractivity contribution in [2.45, 2.75) is 52.2 Å². The van der Waals surface area contributed by atoms with E-state index in [2.05, 4.69) is 10.3 Å². The van der Waals surface area contributed by atoms with E-state index in [1.807, 2.05) is 33.8 Å². The van der Waals surface area contributed by atoms with Gasteiger partial charge in [0.2, 0.25) is 0 Å². The van der Waals surface area contributed by atoms with Gasteiger partial charge in [0.1, 0.15) is 5.69 Å². The molecule has 0 radical (unpaired) electrons. The van der Waals surface area contributed by atoms with Gasteiger partial charge in [-0.1, -0.05) is 20.8 Å². The maximum absolute atomic E-state index is 12.2. The van der Waals surface area contributed by atoms with E-state index in [4.69, 9.17) is 4.74 Å². The Morgan fingerprint density at radius 3 is 2.82 bits per heavy atom. The van der Waals surface area contributed by atoms with Gasteiger partial charge in [-0.2, -0.15) is 0 Å². The highest BCUT2D eigenvalue weighted by Crippen LogP contribution is 2.50. The van der Waals surface area contributed by atoms with Crippen molar-refractivity contribution in [1.29, 1.82) is 0 Å². The van der Waals surface area contributed by atoms with Crippen LogP contribution in [-0.2, 0) is 11.2 Å². The molecule has 1 aromatic heterocycles. The molecule has 2 rings (SSSR count). The van der Waals surface area contributed by atoms with E-state index < -0.39 is 5.60 Å². The molecule has 1 aliphatic rings. The molecule has 2 atom stereocenters. The molecule has 0 spiro atoms. The summed E-state index contributed by atoms with van der Waals surface area (Å²) in [6, 6.07) is 3.68. The second-order valence-electron chi connectivity index (χ2n) is 6.49. The molecule has 0 saturated heterocycles. The van der Waals surface area contributed by atoms with E-state index in [9.17, 15) is 9.90 Å². The Morgan fingerprint density at radius 1 is 1.50 bits per heavy atom. The highest BCUT2D eigenvalue weighted by Gasteiger charge is 2.59. The standard InChI is InChI=1S/C17H26N2O3/c1-5-12-7-8-18-13(9-12)15(20)19-11-17(21)10-14(22-6-2)16(17,3)4/h7-9,14,21H,5-6,10-11H2,1-4H3,(H,19,20). The average Bonchev–Trinajstić information content (AvgIpc) is 2.52. The van der Waals surface area contributed by atoms with Crippen molar-refractivity contribution < 1.29 is 14.6 Å². The molecule has 5 nitrogen and oxygen atoms in total. The summed E-state index contributed by atoms with van der Waals surface area (Å²) < 4.78 is 5.63. The molecule has 0 aliphatic heterocycles. The van der Waals surface area contributed by atoms with Crippen LogP contribution in [0.1, 0.15) is 50.2 Å². The van der Waals surface area contributed by atoms with Gasteiger partial charge in [0.25, 0.3) is 5.91 Å². The molecule has 0 bridgehead atoms. The molecule has 1 aliphatic carbocycles. The fourth-order valence-electron chi connectivity index (χ4n) is 2.90. The van der Waals surface area contributed by atoms with Gasteiger partial charge in [0, 0.05) is 31.2 Å². The van der Waals surface area contributed by atoms with Crippen molar-refractivity contribution in [3.8, 4) is 0 Å². The molecule has 0 aromatic carbocycles. The maximum atomic E-state index is 12.2. The molecule has 1 fully saturated rings. The van der Waals surface area contributed by atoms with Crippen LogP contribution in [0.25, 0.3) is 0 Å². The molecule has 2 unspecified atom stereocenters. The summed E-state index contributed by atoms with van der Waals surface area (Å²) in [5, 5.41) is 13.5. The summed E-state index contributed by atoms with van der Waals surface area (Å²) in [7, 11) is 0. The van der Waals surface area contributed by atoms with Gasteiger partial charge in [-0.3, -0.25) is 9.78 Å². The van der Waals surface area contributed by atoms with Gasteiger partial charge in [-0.25, -0.2) is 0 Å². The summed E-state index contributed by atoms with van der Waals surface area (Å²) in [5.74, 6) is -0.251. The van der Waals surface area contributed by atoms with Crippen molar-refractivity contribution in [3.63, 3.8) is 0 Å². The minimum atomic E-state index is -0.940. The first-order valence-corrected chi connectivity index (χ1v) is 7.91. The highest BCUT2D eigenvalue weighted by molar-refractivity contribution is 5.92. The molecule has 5 heteroatoms. The minimum absolute atomic E-state index is 0.0287. The molecule has 22 heavy (non-hydrogen) atoms. The van der Waals surface area contributed by atoms with Crippen molar-refractivity contribution in [1.82, 2.24) is 10.3 Å². The fraction of sp³-hybridized carbons (Fsp3) is 0.647. The van der Waals surface area contributed by atoms with Gasteiger partial charge in [0.15, 0.2) is 0 Å². The van der Waals surface area contributed by atoms with Crippen LogP contribution in [0, 0.1) is 5.41 Å². The van der Waals surface area contributed by atoms with Crippen molar-refractivity contribution >= 4 is 5.91 Å². The molecule has 1 amide bonds. The number of pyridine rings is 1.